The van der Waals surface area contributed by atoms with E-state index in [-0.39, 0.29) is 11.6 Å². The highest BCUT2D eigenvalue weighted by molar-refractivity contribution is 5.91. The molecule has 0 aliphatic carbocycles. The number of carbonyl (C=O) groups is 1. The van der Waals surface area contributed by atoms with Gasteiger partial charge in [0.25, 0.3) is 5.91 Å². The minimum Gasteiger partial charge on any atom is -0.361 e. The van der Waals surface area contributed by atoms with E-state index in [0.29, 0.717) is 24.1 Å². The van der Waals surface area contributed by atoms with E-state index in [4.69, 9.17) is 4.52 Å². The number of aromatic nitrogens is 4. The van der Waals surface area contributed by atoms with Crippen LogP contribution in [0.4, 0.5) is 5.82 Å². The average molecular weight is 248 g/mol. The van der Waals surface area contributed by atoms with Gasteiger partial charge in [-0.2, -0.15) is 4.98 Å². The number of anilines is 1. The third kappa shape index (κ3) is 2.78. The number of carbonyl (C=O) groups excluding carboxylic acids is 1. The summed E-state index contributed by atoms with van der Waals surface area (Å²) in [6.45, 7) is 2.10. The second-order valence-corrected chi connectivity index (χ2v) is 3.47. The van der Waals surface area contributed by atoms with Crippen molar-refractivity contribution in [2.75, 3.05) is 12.4 Å². The molecule has 2 heterocycles. The minimum absolute atomic E-state index is 0.262. The molecule has 2 aromatic rings. The van der Waals surface area contributed by atoms with Gasteiger partial charge in [-0.15, -0.1) is 10.2 Å². The predicted octanol–water partition coefficient (Wildman–Crippen LogP) is 0.140. The third-order valence-corrected chi connectivity index (χ3v) is 2.12. The van der Waals surface area contributed by atoms with Crippen molar-refractivity contribution in [3.05, 3.63) is 29.5 Å². The Balaban J connectivity index is 1.96. The van der Waals surface area contributed by atoms with E-state index >= 15 is 0 Å². The van der Waals surface area contributed by atoms with Gasteiger partial charge in [-0.05, 0) is 12.1 Å². The van der Waals surface area contributed by atoms with Crippen molar-refractivity contribution in [2.24, 2.45) is 0 Å². The van der Waals surface area contributed by atoms with Gasteiger partial charge in [0.2, 0.25) is 5.89 Å². The van der Waals surface area contributed by atoms with Gasteiger partial charge < -0.3 is 15.2 Å². The summed E-state index contributed by atoms with van der Waals surface area (Å²) < 4.78 is 4.83. The molecule has 0 aliphatic rings. The SMILES string of the molecule is CNC(=O)c1ccc(NCc2noc(C)n2)nn1. The van der Waals surface area contributed by atoms with E-state index in [1.807, 2.05) is 0 Å². The van der Waals surface area contributed by atoms with Crippen LogP contribution in [-0.4, -0.2) is 33.3 Å². The topological polar surface area (TPSA) is 106 Å². The van der Waals surface area contributed by atoms with Crippen LogP contribution in [0.3, 0.4) is 0 Å². The Morgan fingerprint density at radius 3 is 2.78 bits per heavy atom. The Kier molecular flexibility index (Phi) is 3.46. The maximum absolute atomic E-state index is 11.2. The maximum atomic E-state index is 11.2. The van der Waals surface area contributed by atoms with Crippen LogP contribution >= 0.6 is 0 Å². The molecular weight excluding hydrogens is 236 g/mol. The number of rotatable bonds is 4. The van der Waals surface area contributed by atoms with Gasteiger partial charge in [-0.25, -0.2) is 0 Å². The molecule has 0 spiro atoms. The number of amides is 1. The molecule has 94 valence electrons. The fourth-order valence-electron chi connectivity index (χ4n) is 1.26. The molecule has 2 aromatic heterocycles. The number of hydrogen-bond donors (Lipinski definition) is 2. The van der Waals surface area contributed by atoms with Crippen LogP contribution in [0.2, 0.25) is 0 Å². The zero-order chi connectivity index (χ0) is 13.0. The zero-order valence-electron chi connectivity index (χ0n) is 9.97. The second kappa shape index (κ2) is 5.21. The number of nitrogens with zero attached hydrogens (tertiary/aromatic N) is 4. The summed E-state index contributed by atoms with van der Waals surface area (Å²) in [4.78, 5) is 15.3. The molecule has 0 atom stereocenters. The van der Waals surface area contributed by atoms with E-state index < -0.39 is 0 Å². The van der Waals surface area contributed by atoms with E-state index in [9.17, 15) is 4.79 Å². The van der Waals surface area contributed by atoms with E-state index in [1.54, 1.807) is 19.1 Å². The highest BCUT2D eigenvalue weighted by Crippen LogP contribution is 2.04. The largest absolute Gasteiger partial charge is 0.361 e. The van der Waals surface area contributed by atoms with E-state index in [1.165, 1.54) is 7.05 Å². The molecule has 0 saturated heterocycles. The summed E-state index contributed by atoms with van der Waals surface area (Å²) in [5.74, 6) is 1.30. The Morgan fingerprint density at radius 2 is 2.22 bits per heavy atom. The summed E-state index contributed by atoms with van der Waals surface area (Å²) in [6.07, 6.45) is 0. The molecule has 2 N–H and O–H groups in total. The lowest BCUT2D eigenvalue weighted by molar-refractivity contribution is 0.0957. The summed E-state index contributed by atoms with van der Waals surface area (Å²) in [7, 11) is 1.54. The Hall–Kier alpha value is -2.51. The maximum Gasteiger partial charge on any atom is 0.271 e. The number of nitrogens with one attached hydrogen (secondary N) is 2. The molecule has 1 amide bonds. The molecule has 2 rings (SSSR count). The lowest BCUT2D eigenvalue weighted by atomic mass is 10.3. The molecule has 8 heteroatoms. The first-order valence-electron chi connectivity index (χ1n) is 5.28. The highest BCUT2D eigenvalue weighted by atomic mass is 16.5. The Labute approximate surface area is 103 Å². The smallest absolute Gasteiger partial charge is 0.271 e. The van der Waals surface area contributed by atoms with Crippen molar-refractivity contribution < 1.29 is 9.32 Å². The van der Waals surface area contributed by atoms with Crippen molar-refractivity contribution in [1.29, 1.82) is 0 Å². The zero-order valence-corrected chi connectivity index (χ0v) is 9.97. The van der Waals surface area contributed by atoms with Crippen LogP contribution < -0.4 is 10.6 Å². The first-order valence-corrected chi connectivity index (χ1v) is 5.28. The summed E-state index contributed by atoms with van der Waals surface area (Å²) in [6, 6.07) is 3.24. The molecule has 0 radical (unpaired) electrons. The average Bonchev–Trinajstić information content (AvgIpc) is 2.82. The summed E-state index contributed by atoms with van der Waals surface area (Å²) in [5.41, 5.74) is 0.262. The van der Waals surface area contributed by atoms with Gasteiger partial charge >= 0.3 is 0 Å². The Morgan fingerprint density at radius 1 is 1.39 bits per heavy atom. The molecule has 8 nitrogen and oxygen atoms in total. The molecule has 18 heavy (non-hydrogen) atoms. The first-order chi connectivity index (χ1) is 8.69. The molecule has 0 saturated carbocycles. The van der Waals surface area contributed by atoms with Crippen molar-refractivity contribution in [2.45, 2.75) is 13.5 Å². The van der Waals surface area contributed by atoms with Gasteiger partial charge in [0.15, 0.2) is 11.5 Å². The van der Waals surface area contributed by atoms with Gasteiger partial charge in [0.1, 0.15) is 5.82 Å². The lowest BCUT2D eigenvalue weighted by Gasteiger charge is -2.02. The third-order valence-electron chi connectivity index (χ3n) is 2.12. The molecule has 0 aliphatic heterocycles. The highest BCUT2D eigenvalue weighted by Gasteiger charge is 2.06. The van der Waals surface area contributed by atoms with Gasteiger partial charge in [0, 0.05) is 14.0 Å². The standard InChI is InChI=1S/C10H12N6O2/c1-6-13-9(16-18-6)5-12-8-4-3-7(14-15-8)10(17)11-2/h3-4H,5H2,1-2H3,(H,11,17)(H,12,15). The lowest BCUT2D eigenvalue weighted by Crippen LogP contribution is -2.19. The van der Waals surface area contributed by atoms with Crippen molar-refractivity contribution in [1.82, 2.24) is 25.7 Å². The van der Waals surface area contributed by atoms with Gasteiger partial charge in [-0.1, -0.05) is 5.16 Å². The summed E-state index contributed by atoms with van der Waals surface area (Å²) >= 11 is 0. The van der Waals surface area contributed by atoms with Crippen LogP contribution in [0.25, 0.3) is 0 Å². The fourth-order valence-corrected chi connectivity index (χ4v) is 1.26. The van der Waals surface area contributed by atoms with Crippen molar-refractivity contribution >= 4 is 11.7 Å². The number of aryl methyl sites for hydroxylation is 1. The fraction of sp³-hybridized carbons (Fsp3) is 0.300. The molecule has 0 bridgehead atoms. The second-order valence-electron chi connectivity index (χ2n) is 3.47. The van der Waals surface area contributed by atoms with Crippen molar-refractivity contribution in [3.63, 3.8) is 0 Å². The first kappa shape index (κ1) is 12.0. The quantitative estimate of drug-likeness (QED) is 0.792. The van der Waals surface area contributed by atoms with Crippen molar-refractivity contribution in [3.8, 4) is 0 Å². The van der Waals surface area contributed by atoms with Gasteiger partial charge in [0.05, 0.1) is 6.54 Å². The van der Waals surface area contributed by atoms with Gasteiger partial charge in [-0.3, -0.25) is 4.79 Å². The van der Waals surface area contributed by atoms with Crippen LogP contribution in [0.5, 0.6) is 0 Å². The minimum atomic E-state index is -0.275. The molecular formula is C10H12N6O2. The van der Waals surface area contributed by atoms with Crippen LogP contribution in [0.15, 0.2) is 16.7 Å². The summed E-state index contributed by atoms with van der Waals surface area (Å²) in [5, 5.41) is 16.8. The monoisotopic (exact) mass is 248 g/mol. The predicted molar refractivity (Wildman–Crippen MR) is 61.8 cm³/mol. The van der Waals surface area contributed by atoms with Crippen LogP contribution in [0, 0.1) is 6.92 Å². The van der Waals surface area contributed by atoms with Crippen LogP contribution in [-0.2, 0) is 6.54 Å². The molecule has 0 unspecified atom stereocenters. The van der Waals surface area contributed by atoms with Crippen LogP contribution in [0.1, 0.15) is 22.2 Å². The molecule has 0 fully saturated rings. The normalized spacial score (nSPS) is 10.1. The number of hydrogen-bond acceptors (Lipinski definition) is 7. The Bertz CT molecular complexity index is 536. The van der Waals surface area contributed by atoms with E-state index in [2.05, 4.69) is 31.0 Å². The molecule has 0 aromatic carbocycles. The van der Waals surface area contributed by atoms with E-state index in [0.717, 1.165) is 0 Å².